The van der Waals surface area contributed by atoms with E-state index < -0.39 is 5.97 Å². The molecule has 0 saturated heterocycles. The Morgan fingerprint density at radius 1 is 0.912 bits per heavy atom. The molecular weight excluding hydrogens is 428 g/mol. The first-order valence-electron chi connectivity index (χ1n) is 11.2. The summed E-state index contributed by atoms with van der Waals surface area (Å²) >= 11 is 0. The highest BCUT2D eigenvalue weighted by molar-refractivity contribution is 5.81. The summed E-state index contributed by atoms with van der Waals surface area (Å²) in [6, 6.07) is 26.6. The average molecular weight is 459 g/mol. The number of hydrogen-bond acceptors (Lipinski definition) is 4. The number of carbonyl (C=O) groups excluding carboxylic acids is 2. The molecule has 0 saturated carbocycles. The highest BCUT2D eigenvalue weighted by atomic mass is 16.5. The maximum absolute atomic E-state index is 13.4. The van der Waals surface area contributed by atoms with Gasteiger partial charge in [-0.15, -0.1) is 0 Å². The number of carbonyl (C=O) groups is 2. The number of nitrogens with zero attached hydrogens (tertiary/aromatic N) is 1. The molecule has 1 N–H and O–H groups in total. The first kappa shape index (κ1) is 24.6. The van der Waals surface area contributed by atoms with Crippen molar-refractivity contribution in [3.05, 3.63) is 108 Å². The Morgan fingerprint density at radius 3 is 2.09 bits per heavy atom. The number of nitrogens with one attached hydrogen (secondary N) is 1. The number of benzene rings is 3. The van der Waals surface area contributed by atoms with Gasteiger partial charge < -0.3 is 19.7 Å². The third kappa shape index (κ3) is 6.72. The lowest BCUT2D eigenvalue weighted by molar-refractivity contribution is -0.141. The molecule has 2 amide bonds. The van der Waals surface area contributed by atoms with Crippen LogP contribution in [0.15, 0.2) is 91.0 Å². The predicted molar refractivity (Wildman–Crippen MR) is 133 cm³/mol. The summed E-state index contributed by atoms with van der Waals surface area (Å²) in [6.07, 6.45) is 3.85. The molecule has 0 heterocycles. The van der Waals surface area contributed by atoms with E-state index in [1.165, 1.54) is 0 Å². The molecule has 0 bridgehead atoms. The molecule has 176 valence electrons. The quantitative estimate of drug-likeness (QED) is 0.431. The number of para-hydroxylation sites is 1. The van der Waals surface area contributed by atoms with Crippen molar-refractivity contribution < 1.29 is 19.1 Å². The maximum atomic E-state index is 13.4. The topological polar surface area (TPSA) is 67.9 Å². The Bertz CT molecular complexity index is 1040. The van der Waals surface area contributed by atoms with Gasteiger partial charge in [-0.05, 0) is 24.1 Å². The highest BCUT2D eigenvalue weighted by Crippen LogP contribution is 2.29. The van der Waals surface area contributed by atoms with Crippen molar-refractivity contribution in [3.63, 3.8) is 0 Å². The molecule has 34 heavy (non-hydrogen) atoms. The van der Waals surface area contributed by atoms with Gasteiger partial charge in [-0.25, -0.2) is 4.79 Å². The summed E-state index contributed by atoms with van der Waals surface area (Å²) < 4.78 is 10.4. The van der Waals surface area contributed by atoms with Gasteiger partial charge in [0, 0.05) is 12.1 Å². The minimum absolute atomic E-state index is 0.199. The Hall–Kier alpha value is -4.06. The molecule has 0 atom stereocenters. The van der Waals surface area contributed by atoms with E-state index >= 15 is 0 Å². The third-order valence-corrected chi connectivity index (χ3v) is 5.23. The summed E-state index contributed by atoms with van der Waals surface area (Å²) in [5.74, 6) is 0.274. The van der Waals surface area contributed by atoms with Crippen LogP contribution in [-0.4, -0.2) is 43.7 Å². The van der Waals surface area contributed by atoms with Gasteiger partial charge in [0.05, 0.1) is 19.8 Å². The molecule has 0 fully saturated rings. The molecule has 3 aromatic rings. The Labute approximate surface area is 200 Å². The first-order chi connectivity index (χ1) is 16.6. The zero-order valence-corrected chi connectivity index (χ0v) is 19.5. The molecule has 6 heteroatoms. The van der Waals surface area contributed by atoms with Crippen molar-refractivity contribution in [3.8, 4) is 5.75 Å². The predicted octanol–water partition coefficient (Wildman–Crippen LogP) is 5.07. The number of rotatable bonds is 10. The van der Waals surface area contributed by atoms with Crippen molar-refractivity contribution in [1.29, 1.82) is 0 Å². The van der Waals surface area contributed by atoms with Gasteiger partial charge in [0.1, 0.15) is 12.3 Å². The fourth-order valence-corrected chi connectivity index (χ4v) is 3.69. The second-order valence-corrected chi connectivity index (χ2v) is 7.48. The summed E-state index contributed by atoms with van der Waals surface area (Å²) in [7, 11) is 1.63. The lowest BCUT2D eigenvalue weighted by Gasteiger charge is -2.32. The van der Waals surface area contributed by atoms with Crippen molar-refractivity contribution in [1.82, 2.24) is 10.2 Å². The number of methoxy groups -OCH3 is 1. The van der Waals surface area contributed by atoms with Crippen LogP contribution in [0, 0.1) is 0 Å². The largest absolute Gasteiger partial charge is 0.496 e. The Balaban J connectivity index is 1.93. The molecule has 6 nitrogen and oxygen atoms in total. The summed E-state index contributed by atoms with van der Waals surface area (Å²) in [5.41, 5.74) is 2.84. The van der Waals surface area contributed by atoms with Gasteiger partial charge >= 0.3 is 12.0 Å². The minimum Gasteiger partial charge on any atom is -0.496 e. The van der Waals surface area contributed by atoms with Gasteiger partial charge in [0.15, 0.2) is 0 Å². The molecule has 0 aromatic heterocycles. The van der Waals surface area contributed by atoms with Crippen LogP contribution in [0.5, 0.6) is 5.75 Å². The molecule has 0 aliphatic heterocycles. The van der Waals surface area contributed by atoms with Gasteiger partial charge in [-0.1, -0.05) is 91.0 Å². The van der Waals surface area contributed by atoms with E-state index in [9.17, 15) is 9.59 Å². The van der Waals surface area contributed by atoms with Crippen LogP contribution in [0.3, 0.4) is 0 Å². The van der Waals surface area contributed by atoms with Crippen LogP contribution < -0.4 is 10.1 Å². The van der Waals surface area contributed by atoms with Crippen molar-refractivity contribution in [2.75, 3.05) is 26.8 Å². The van der Waals surface area contributed by atoms with Crippen molar-refractivity contribution >= 4 is 18.1 Å². The van der Waals surface area contributed by atoms with Gasteiger partial charge in [-0.2, -0.15) is 0 Å². The van der Waals surface area contributed by atoms with E-state index in [1.807, 2.05) is 97.1 Å². The number of amides is 2. The molecule has 0 spiro atoms. The fraction of sp³-hybridized carbons (Fsp3) is 0.214. The number of esters is 1. The second-order valence-electron chi connectivity index (χ2n) is 7.48. The second kappa shape index (κ2) is 12.8. The lowest BCUT2D eigenvalue weighted by atomic mass is 9.97. The van der Waals surface area contributed by atoms with Gasteiger partial charge in [0.2, 0.25) is 0 Å². The minimum atomic E-state index is -0.476. The first-order valence-corrected chi connectivity index (χ1v) is 11.2. The highest BCUT2D eigenvalue weighted by Gasteiger charge is 2.26. The molecule has 3 aromatic carbocycles. The smallest absolute Gasteiger partial charge is 0.325 e. The van der Waals surface area contributed by atoms with Crippen molar-refractivity contribution in [2.24, 2.45) is 0 Å². The van der Waals surface area contributed by atoms with Gasteiger partial charge in [0.25, 0.3) is 0 Å². The average Bonchev–Trinajstić information content (AvgIpc) is 2.88. The molecular formula is C28H30N2O4. The zero-order valence-electron chi connectivity index (χ0n) is 19.5. The Morgan fingerprint density at radius 2 is 1.50 bits per heavy atom. The summed E-state index contributed by atoms with van der Waals surface area (Å²) in [5, 5.41) is 2.71. The summed E-state index contributed by atoms with van der Waals surface area (Å²) in [4.78, 5) is 26.9. The van der Waals surface area contributed by atoms with E-state index in [2.05, 4.69) is 5.32 Å². The monoisotopic (exact) mass is 458 g/mol. The van der Waals surface area contributed by atoms with Crippen LogP contribution in [0.4, 0.5) is 4.79 Å². The molecule has 3 rings (SSSR count). The maximum Gasteiger partial charge on any atom is 0.325 e. The standard InChI is InChI=1S/C28H30N2O4/c1-3-34-26(31)21-29-28(32)30(20-12-18-22-13-10-11-19-25(22)33-2)27(23-14-6-4-7-15-23)24-16-8-5-9-17-24/h4-19,27H,3,20-21H2,1-2H3,(H,29,32)/b18-12+. The zero-order chi connectivity index (χ0) is 24.2. The van der Waals surface area contributed by atoms with Gasteiger partial charge in [-0.3, -0.25) is 4.79 Å². The van der Waals surface area contributed by atoms with E-state index in [1.54, 1.807) is 18.9 Å². The molecule has 0 unspecified atom stereocenters. The third-order valence-electron chi connectivity index (χ3n) is 5.23. The SMILES string of the molecule is CCOC(=O)CNC(=O)N(C/C=C/c1ccccc1OC)C(c1ccccc1)c1ccccc1. The molecule has 0 aliphatic rings. The fourth-order valence-electron chi connectivity index (χ4n) is 3.69. The Kier molecular flexibility index (Phi) is 9.29. The normalized spacial score (nSPS) is 10.8. The number of ether oxygens (including phenoxy) is 2. The van der Waals surface area contributed by atoms with E-state index in [0.717, 1.165) is 22.4 Å². The molecule has 0 aliphatic carbocycles. The number of hydrogen-bond donors (Lipinski definition) is 1. The summed E-state index contributed by atoms with van der Waals surface area (Å²) in [6.45, 7) is 2.10. The van der Waals surface area contributed by atoms with Crippen molar-refractivity contribution in [2.45, 2.75) is 13.0 Å². The van der Waals surface area contributed by atoms with E-state index in [0.29, 0.717) is 6.54 Å². The van der Waals surface area contributed by atoms with Crippen LogP contribution in [-0.2, 0) is 9.53 Å². The van der Waals surface area contributed by atoms with Crippen LogP contribution in [0.25, 0.3) is 6.08 Å². The molecule has 0 radical (unpaired) electrons. The van der Waals surface area contributed by atoms with Crippen LogP contribution in [0.1, 0.15) is 29.7 Å². The number of urea groups is 1. The van der Waals surface area contributed by atoms with E-state index in [4.69, 9.17) is 9.47 Å². The van der Waals surface area contributed by atoms with Crippen LogP contribution >= 0.6 is 0 Å². The lowest BCUT2D eigenvalue weighted by Crippen LogP contribution is -2.44. The van der Waals surface area contributed by atoms with Crippen LogP contribution in [0.2, 0.25) is 0 Å². The van der Waals surface area contributed by atoms with E-state index in [-0.39, 0.29) is 25.2 Å².